The fraction of sp³-hybridized carbons (Fsp3) is 0.0500. The SMILES string of the molecule is COc1cc(C=CC(=Nc2ccc(F)c(F)c2)C(=Cc2ccc(F)c(F)c2)C(C=Cc2ccc(O)c(OC)c2)=Nc2ccc(F)c(F)c2)ccc1O. The van der Waals surface area contributed by atoms with Crippen LogP contribution in [0, 0.1) is 34.9 Å². The van der Waals surface area contributed by atoms with Crippen molar-refractivity contribution in [1.29, 1.82) is 0 Å². The van der Waals surface area contributed by atoms with Gasteiger partial charge in [0, 0.05) is 17.7 Å². The number of hydrogen-bond acceptors (Lipinski definition) is 6. The molecule has 264 valence electrons. The predicted octanol–water partition coefficient (Wildman–Crippen LogP) is 10.3. The van der Waals surface area contributed by atoms with Gasteiger partial charge in [-0.05, 0) is 95.6 Å². The zero-order valence-corrected chi connectivity index (χ0v) is 27.4. The van der Waals surface area contributed by atoms with Gasteiger partial charge in [-0.15, -0.1) is 0 Å². The van der Waals surface area contributed by atoms with Crippen molar-refractivity contribution in [2.24, 2.45) is 9.98 Å². The fourth-order valence-corrected chi connectivity index (χ4v) is 4.76. The Morgan fingerprint density at radius 2 is 0.904 bits per heavy atom. The van der Waals surface area contributed by atoms with E-state index in [1.54, 1.807) is 24.3 Å². The van der Waals surface area contributed by atoms with Crippen LogP contribution in [0.1, 0.15) is 16.7 Å². The van der Waals surface area contributed by atoms with Crippen molar-refractivity contribution in [3.63, 3.8) is 0 Å². The molecule has 5 aromatic rings. The molecule has 5 rings (SSSR count). The molecule has 0 spiro atoms. The van der Waals surface area contributed by atoms with E-state index >= 15 is 0 Å². The van der Waals surface area contributed by atoms with Crippen molar-refractivity contribution in [1.82, 2.24) is 0 Å². The summed E-state index contributed by atoms with van der Waals surface area (Å²) in [5, 5.41) is 20.2. The minimum absolute atomic E-state index is 0.00273. The number of nitrogens with zero attached hydrogens (tertiary/aromatic N) is 2. The summed E-state index contributed by atoms with van der Waals surface area (Å²) in [4.78, 5) is 9.13. The van der Waals surface area contributed by atoms with Gasteiger partial charge in [0.25, 0.3) is 0 Å². The maximum atomic E-state index is 14.5. The number of allylic oxidation sites excluding steroid dienone is 3. The molecule has 0 aromatic heterocycles. The first kappa shape index (κ1) is 36.7. The largest absolute Gasteiger partial charge is 0.504 e. The molecule has 0 aliphatic carbocycles. The maximum absolute atomic E-state index is 14.5. The van der Waals surface area contributed by atoms with Crippen molar-refractivity contribution < 1.29 is 46.0 Å². The van der Waals surface area contributed by atoms with Gasteiger partial charge in [0.2, 0.25) is 0 Å². The molecular weight excluding hydrogens is 686 g/mol. The summed E-state index contributed by atoms with van der Waals surface area (Å²) >= 11 is 0. The quantitative estimate of drug-likeness (QED) is 0.105. The number of ether oxygens (including phenoxy) is 2. The molecule has 5 aromatic carbocycles. The Bertz CT molecular complexity index is 2150. The zero-order chi connectivity index (χ0) is 37.4. The minimum atomic E-state index is -1.20. The number of benzene rings is 5. The van der Waals surface area contributed by atoms with Crippen LogP contribution in [-0.2, 0) is 0 Å². The lowest BCUT2D eigenvalue weighted by Crippen LogP contribution is -2.10. The van der Waals surface area contributed by atoms with Gasteiger partial charge in [0.1, 0.15) is 0 Å². The lowest BCUT2D eigenvalue weighted by molar-refractivity contribution is 0.373. The zero-order valence-electron chi connectivity index (χ0n) is 27.4. The first-order valence-electron chi connectivity index (χ1n) is 15.3. The molecule has 0 unspecified atom stereocenters. The van der Waals surface area contributed by atoms with Crippen LogP contribution in [0.4, 0.5) is 37.7 Å². The van der Waals surface area contributed by atoms with E-state index in [0.29, 0.717) is 11.1 Å². The lowest BCUT2D eigenvalue weighted by atomic mass is 9.98. The highest BCUT2D eigenvalue weighted by Crippen LogP contribution is 2.30. The molecule has 0 aliphatic heterocycles. The van der Waals surface area contributed by atoms with Gasteiger partial charge in [-0.2, -0.15) is 0 Å². The normalized spacial score (nSPS) is 12.1. The Morgan fingerprint density at radius 3 is 1.31 bits per heavy atom. The number of hydrogen-bond donors (Lipinski definition) is 2. The highest BCUT2D eigenvalue weighted by atomic mass is 19.2. The molecule has 0 radical (unpaired) electrons. The molecule has 0 fully saturated rings. The fourth-order valence-electron chi connectivity index (χ4n) is 4.76. The predicted molar refractivity (Wildman–Crippen MR) is 189 cm³/mol. The van der Waals surface area contributed by atoms with E-state index in [1.165, 1.54) is 74.9 Å². The molecule has 0 bridgehead atoms. The summed E-state index contributed by atoms with van der Waals surface area (Å²) in [5.74, 6) is -6.92. The first-order chi connectivity index (χ1) is 24.9. The van der Waals surface area contributed by atoms with Crippen molar-refractivity contribution >= 4 is 41.0 Å². The van der Waals surface area contributed by atoms with Crippen LogP contribution in [0.3, 0.4) is 0 Å². The molecule has 0 heterocycles. The van der Waals surface area contributed by atoms with Crippen molar-refractivity contribution in [2.45, 2.75) is 0 Å². The monoisotopic (exact) mass is 714 g/mol. The number of halogens is 6. The summed E-state index contributed by atoms with van der Waals surface area (Å²) in [5.41, 5.74) is 1.04. The highest BCUT2D eigenvalue weighted by molar-refractivity contribution is 6.35. The molecule has 2 N–H and O–H groups in total. The smallest absolute Gasteiger partial charge is 0.161 e. The third kappa shape index (κ3) is 9.16. The number of methoxy groups -OCH3 is 2. The first-order valence-corrected chi connectivity index (χ1v) is 15.3. The van der Waals surface area contributed by atoms with Crippen LogP contribution in [-0.4, -0.2) is 35.9 Å². The van der Waals surface area contributed by atoms with Crippen LogP contribution in [0.2, 0.25) is 0 Å². The van der Waals surface area contributed by atoms with Gasteiger partial charge in [-0.25, -0.2) is 36.3 Å². The summed E-state index contributed by atoms with van der Waals surface area (Å²) in [6, 6.07) is 17.8. The Kier molecular flexibility index (Phi) is 11.6. The molecule has 52 heavy (non-hydrogen) atoms. The topological polar surface area (TPSA) is 83.6 Å². The Labute approximate surface area is 294 Å². The number of phenolic OH excluding ortho intramolecular Hbond substituents is 2. The van der Waals surface area contributed by atoms with Crippen LogP contribution >= 0.6 is 0 Å². The lowest BCUT2D eigenvalue weighted by Gasteiger charge is -2.12. The maximum Gasteiger partial charge on any atom is 0.161 e. The molecule has 0 saturated heterocycles. The summed E-state index contributed by atoms with van der Waals surface area (Å²) in [6.45, 7) is 0. The van der Waals surface area contributed by atoms with Gasteiger partial charge < -0.3 is 19.7 Å². The van der Waals surface area contributed by atoms with Gasteiger partial charge in [-0.3, -0.25) is 0 Å². The summed E-state index contributed by atoms with van der Waals surface area (Å²) < 4.78 is 95.7. The number of aliphatic imine (C=N–C) groups is 2. The van der Waals surface area contributed by atoms with Crippen LogP contribution in [0.25, 0.3) is 18.2 Å². The molecule has 0 saturated carbocycles. The van der Waals surface area contributed by atoms with Gasteiger partial charge in [0.15, 0.2) is 57.9 Å². The number of phenols is 2. The number of aromatic hydroxyl groups is 2. The Morgan fingerprint density at radius 1 is 0.500 bits per heavy atom. The van der Waals surface area contributed by atoms with Gasteiger partial charge >= 0.3 is 0 Å². The van der Waals surface area contributed by atoms with Crippen molar-refractivity contribution in [2.75, 3.05) is 14.2 Å². The van der Waals surface area contributed by atoms with Gasteiger partial charge in [0.05, 0.1) is 37.0 Å². The average Bonchev–Trinajstić information content (AvgIpc) is 3.13. The minimum Gasteiger partial charge on any atom is -0.504 e. The Balaban J connectivity index is 1.81. The molecule has 0 amide bonds. The van der Waals surface area contributed by atoms with E-state index in [-0.39, 0.29) is 56.9 Å². The van der Waals surface area contributed by atoms with Crippen LogP contribution < -0.4 is 9.47 Å². The summed E-state index contributed by atoms with van der Waals surface area (Å²) in [6.07, 6.45) is 7.38. The molecule has 12 heteroatoms. The van der Waals surface area contributed by atoms with E-state index in [9.17, 15) is 36.6 Å². The Hall–Kier alpha value is -6.56. The van der Waals surface area contributed by atoms with Crippen LogP contribution in [0.15, 0.2) is 119 Å². The van der Waals surface area contributed by atoms with E-state index in [4.69, 9.17) is 9.47 Å². The molecular formula is C40H28F6N2O4. The highest BCUT2D eigenvalue weighted by Gasteiger charge is 2.16. The van der Waals surface area contributed by atoms with Crippen molar-refractivity contribution in [3.05, 3.63) is 160 Å². The van der Waals surface area contributed by atoms with E-state index in [2.05, 4.69) is 9.98 Å². The molecule has 0 atom stereocenters. The average molecular weight is 715 g/mol. The standard InChI is InChI=1S/C40H28F6N2O4/c1-51-39-19-23(6-15-37(39)49)4-13-35(47-26-8-11-30(42)33(45)21-26)28(17-25-3-10-29(41)32(44)18-25)36(48-27-9-12-31(43)34(46)22-27)14-5-24-7-16-38(50)40(20-24)52-2/h3-22,49-50H,1-2H3. The molecule has 6 nitrogen and oxygen atoms in total. The van der Waals surface area contributed by atoms with Crippen LogP contribution in [0.5, 0.6) is 23.0 Å². The van der Waals surface area contributed by atoms with Crippen molar-refractivity contribution in [3.8, 4) is 23.0 Å². The van der Waals surface area contributed by atoms with E-state index < -0.39 is 34.9 Å². The van der Waals surface area contributed by atoms with Gasteiger partial charge in [-0.1, -0.05) is 30.4 Å². The number of rotatable bonds is 11. The third-order valence-electron chi connectivity index (χ3n) is 7.39. The second-order valence-corrected chi connectivity index (χ2v) is 11.0. The third-order valence-corrected chi connectivity index (χ3v) is 7.39. The summed E-state index contributed by atoms with van der Waals surface area (Å²) in [7, 11) is 2.72. The van der Waals surface area contributed by atoms with E-state index in [0.717, 1.165) is 36.4 Å². The van der Waals surface area contributed by atoms with E-state index in [1.807, 2.05) is 0 Å². The second-order valence-electron chi connectivity index (χ2n) is 11.0. The second kappa shape index (κ2) is 16.4. The molecule has 0 aliphatic rings.